The fourth-order valence-corrected chi connectivity index (χ4v) is 1.01. The number of hydrogen-bond donors (Lipinski definition) is 2. The summed E-state index contributed by atoms with van der Waals surface area (Å²) in [5.41, 5.74) is -1.26. The maximum atomic E-state index is 12.8. The lowest BCUT2D eigenvalue weighted by Crippen LogP contribution is -2.40. The number of halogens is 3. The molecule has 0 spiro atoms. The summed E-state index contributed by atoms with van der Waals surface area (Å²) in [6, 6.07) is 0. The second kappa shape index (κ2) is 3.21. The predicted octanol–water partition coefficient (Wildman–Crippen LogP) is 0.645. The standard InChI is InChI=1S/C6H11F2NO.ClH/c1-5(4-10)2-9-3-6(5,7)8;/h9-10H,2-4H2,1H3;1H. The Morgan fingerprint density at radius 1 is 1.45 bits per heavy atom. The van der Waals surface area contributed by atoms with E-state index in [-0.39, 0.29) is 25.5 Å². The Bertz CT molecular complexity index is 145. The number of aliphatic hydroxyl groups excluding tert-OH is 1. The van der Waals surface area contributed by atoms with Gasteiger partial charge in [0.25, 0.3) is 5.92 Å². The number of nitrogens with one attached hydrogen (secondary N) is 1. The smallest absolute Gasteiger partial charge is 0.268 e. The van der Waals surface area contributed by atoms with Crippen molar-refractivity contribution in [1.29, 1.82) is 0 Å². The summed E-state index contributed by atoms with van der Waals surface area (Å²) in [5.74, 6) is -2.76. The molecule has 1 heterocycles. The van der Waals surface area contributed by atoms with Gasteiger partial charge in [-0.1, -0.05) is 6.92 Å². The van der Waals surface area contributed by atoms with E-state index in [0.29, 0.717) is 0 Å². The first kappa shape index (κ1) is 11.1. The summed E-state index contributed by atoms with van der Waals surface area (Å²) >= 11 is 0. The van der Waals surface area contributed by atoms with Crippen LogP contribution < -0.4 is 5.32 Å². The molecule has 11 heavy (non-hydrogen) atoms. The van der Waals surface area contributed by atoms with Gasteiger partial charge in [0.15, 0.2) is 0 Å². The Morgan fingerprint density at radius 2 is 2.00 bits per heavy atom. The first-order chi connectivity index (χ1) is 4.52. The molecule has 1 atom stereocenters. The van der Waals surface area contributed by atoms with Crippen molar-refractivity contribution < 1.29 is 13.9 Å². The lowest BCUT2D eigenvalue weighted by Gasteiger charge is -2.27. The first-order valence-electron chi connectivity index (χ1n) is 3.21. The molecule has 0 bridgehead atoms. The first-order valence-corrected chi connectivity index (χ1v) is 3.21. The van der Waals surface area contributed by atoms with Gasteiger partial charge in [-0.15, -0.1) is 12.4 Å². The normalized spacial score (nSPS) is 34.9. The van der Waals surface area contributed by atoms with Crippen LogP contribution in [-0.2, 0) is 0 Å². The zero-order valence-corrected chi connectivity index (χ0v) is 7.05. The molecule has 5 heteroatoms. The van der Waals surface area contributed by atoms with E-state index in [1.807, 2.05) is 0 Å². The van der Waals surface area contributed by atoms with Crippen molar-refractivity contribution in [3.63, 3.8) is 0 Å². The highest BCUT2D eigenvalue weighted by molar-refractivity contribution is 5.85. The molecule has 0 aromatic heterocycles. The van der Waals surface area contributed by atoms with E-state index in [1.54, 1.807) is 0 Å². The van der Waals surface area contributed by atoms with Crippen LogP contribution >= 0.6 is 12.4 Å². The second-order valence-electron chi connectivity index (χ2n) is 3.03. The number of alkyl halides is 2. The van der Waals surface area contributed by atoms with Gasteiger partial charge in [-0.25, -0.2) is 8.78 Å². The lowest BCUT2D eigenvalue weighted by atomic mass is 9.87. The molecule has 1 saturated heterocycles. The number of aliphatic hydroxyl groups is 1. The molecule has 1 unspecified atom stereocenters. The average Bonchev–Trinajstić information content (AvgIpc) is 2.10. The van der Waals surface area contributed by atoms with Crippen LogP contribution in [0.2, 0.25) is 0 Å². The molecule has 0 saturated carbocycles. The highest BCUT2D eigenvalue weighted by Gasteiger charge is 2.53. The average molecular weight is 188 g/mol. The van der Waals surface area contributed by atoms with E-state index in [4.69, 9.17) is 5.11 Å². The zero-order chi connectivity index (χ0) is 7.83. The van der Waals surface area contributed by atoms with Crippen LogP contribution in [0.5, 0.6) is 0 Å². The fraction of sp³-hybridized carbons (Fsp3) is 1.00. The SMILES string of the molecule is CC1(CO)CNCC1(F)F.Cl. The summed E-state index contributed by atoms with van der Waals surface area (Å²) in [6.45, 7) is 0.792. The van der Waals surface area contributed by atoms with Crippen molar-refractivity contribution in [2.45, 2.75) is 12.8 Å². The van der Waals surface area contributed by atoms with Gasteiger partial charge < -0.3 is 10.4 Å². The summed E-state index contributed by atoms with van der Waals surface area (Å²) in [6.07, 6.45) is 0. The number of hydrogen-bond acceptors (Lipinski definition) is 2. The molecular formula is C6H12ClF2NO. The third kappa shape index (κ3) is 1.63. The van der Waals surface area contributed by atoms with Gasteiger partial charge >= 0.3 is 0 Å². The molecule has 2 N–H and O–H groups in total. The molecule has 0 aromatic carbocycles. The van der Waals surface area contributed by atoms with Crippen molar-refractivity contribution in [2.75, 3.05) is 19.7 Å². The quantitative estimate of drug-likeness (QED) is 0.632. The molecular weight excluding hydrogens is 176 g/mol. The van der Waals surface area contributed by atoms with E-state index >= 15 is 0 Å². The van der Waals surface area contributed by atoms with Crippen molar-refractivity contribution in [1.82, 2.24) is 5.32 Å². The molecule has 1 aliphatic heterocycles. The molecule has 2 nitrogen and oxygen atoms in total. The Balaban J connectivity index is 0.000001000. The molecule has 0 radical (unpaired) electrons. The van der Waals surface area contributed by atoms with Gasteiger partial charge in [-0.3, -0.25) is 0 Å². The van der Waals surface area contributed by atoms with Crippen LogP contribution in [0, 0.1) is 5.41 Å². The van der Waals surface area contributed by atoms with Crippen LogP contribution in [0.1, 0.15) is 6.92 Å². The van der Waals surface area contributed by atoms with E-state index in [0.717, 1.165) is 0 Å². The molecule has 1 aliphatic rings. The third-order valence-electron chi connectivity index (χ3n) is 2.09. The predicted molar refractivity (Wildman–Crippen MR) is 40.3 cm³/mol. The third-order valence-corrected chi connectivity index (χ3v) is 2.09. The highest BCUT2D eigenvalue weighted by Crippen LogP contribution is 2.38. The summed E-state index contributed by atoms with van der Waals surface area (Å²) in [4.78, 5) is 0. The van der Waals surface area contributed by atoms with E-state index < -0.39 is 17.9 Å². The minimum absolute atomic E-state index is 0. The maximum absolute atomic E-state index is 12.8. The molecule has 68 valence electrons. The Kier molecular flexibility index (Phi) is 3.23. The van der Waals surface area contributed by atoms with Crippen LogP contribution in [-0.4, -0.2) is 30.7 Å². The van der Waals surface area contributed by atoms with E-state index in [2.05, 4.69) is 5.32 Å². The Hall–Kier alpha value is 0.0700. The fourth-order valence-electron chi connectivity index (χ4n) is 1.01. The molecule has 1 fully saturated rings. The van der Waals surface area contributed by atoms with Gasteiger partial charge in [0.05, 0.1) is 18.6 Å². The largest absolute Gasteiger partial charge is 0.396 e. The zero-order valence-electron chi connectivity index (χ0n) is 6.23. The Morgan fingerprint density at radius 3 is 2.18 bits per heavy atom. The van der Waals surface area contributed by atoms with Gasteiger partial charge in [0, 0.05) is 6.54 Å². The van der Waals surface area contributed by atoms with Crippen molar-refractivity contribution in [2.24, 2.45) is 5.41 Å². The van der Waals surface area contributed by atoms with Gasteiger partial charge in [-0.2, -0.15) is 0 Å². The topological polar surface area (TPSA) is 32.3 Å². The minimum Gasteiger partial charge on any atom is -0.396 e. The minimum atomic E-state index is -2.76. The van der Waals surface area contributed by atoms with Crippen LogP contribution in [0.15, 0.2) is 0 Å². The van der Waals surface area contributed by atoms with Crippen molar-refractivity contribution in [3.05, 3.63) is 0 Å². The molecule has 0 amide bonds. The van der Waals surface area contributed by atoms with E-state index in [1.165, 1.54) is 6.92 Å². The van der Waals surface area contributed by atoms with Crippen LogP contribution in [0.3, 0.4) is 0 Å². The number of rotatable bonds is 1. The van der Waals surface area contributed by atoms with E-state index in [9.17, 15) is 8.78 Å². The molecule has 1 rings (SSSR count). The molecule has 0 aliphatic carbocycles. The summed E-state index contributed by atoms with van der Waals surface area (Å²) in [5, 5.41) is 11.2. The van der Waals surface area contributed by atoms with Gasteiger partial charge in [0.1, 0.15) is 0 Å². The monoisotopic (exact) mass is 187 g/mol. The molecule has 0 aromatic rings. The van der Waals surface area contributed by atoms with Gasteiger partial charge in [0.2, 0.25) is 0 Å². The summed E-state index contributed by atoms with van der Waals surface area (Å²) < 4.78 is 25.5. The highest BCUT2D eigenvalue weighted by atomic mass is 35.5. The summed E-state index contributed by atoms with van der Waals surface area (Å²) in [7, 11) is 0. The van der Waals surface area contributed by atoms with Gasteiger partial charge in [-0.05, 0) is 0 Å². The second-order valence-corrected chi connectivity index (χ2v) is 3.03. The van der Waals surface area contributed by atoms with Crippen LogP contribution in [0.25, 0.3) is 0 Å². The van der Waals surface area contributed by atoms with Crippen molar-refractivity contribution in [3.8, 4) is 0 Å². The Labute approximate surface area is 70.4 Å². The van der Waals surface area contributed by atoms with Crippen molar-refractivity contribution >= 4 is 12.4 Å². The lowest BCUT2D eigenvalue weighted by molar-refractivity contribution is -0.0956. The van der Waals surface area contributed by atoms with Crippen LogP contribution in [0.4, 0.5) is 8.78 Å². The maximum Gasteiger partial charge on any atom is 0.268 e.